The normalized spacial score (nSPS) is 19.3. The lowest BCUT2D eigenvalue weighted by molar-refractivity contribution is 0.0373. The number of hydrogen-bond acceptors (Lipinski definition) is 6. The van der Waals surface area contributed by atoms with Crippen LogP contribution in [0, 0.1) is 0 Å². The fourth-order valence-corrected chi connectivity index (χ4v) is 4.61. The molecule has 5 rings (SSSR count). The number of aliphatic imine (C=N–C) groups is 1. The highest BCUT2D eigenvalue weighted by atomic mass is 16.5. The van der Waals surface area contributed by atoms with Gasteiger partial charge in [-0.25, -0.2) is 0 Å². The van der Waals surface area contributed by atoms with Crippen molar-refractivity contribution < 1.29 is 4.74 Å². The molecule has 1 atom stereocenters. The number of nitrogens with zero attached hydrogens (tertiary/aromatic N) is 3. The van der Waals surface area contributed by atoms with E-state index >= 15 is 0 Å². The number of ether oxygens (including phenoxy) is 1. The summed E-state index contributed by atoms with van der Waals surface area (Å²) >= 11 is 0. The van der Waals surface area contributed by atoms with E-state index in [2.05, 4.69) is 79.8 Å². The predicted molar refractivity (Wildman–Crippen MR) is 132 cm³/mol. The van der Waals surface area contributed by atoms with Crippen LogP contribution >= 0.6 is 0 Å². The first kappa shape index (κ1) is 21.0. The summed E-state index contributed by atoms with van der Waals surface area (Å²) in [6, 6.07) is 15.2. The van der Waals surface area contributed by atoms with E-state index in [0.717, 1.165) is 63.9 Å². The van der Waals surface area contributed by atoms with Gasteiger partial charge in [-0.05, 0) is 56.8 Å². The van der Waals surface area contributed by atoms with Gasteiger partial charge in [-0.2, -0.15) is 0 Å². The Hall–Kier alpha value is -2.87. The van der Waals surface area contributed by atoms with Gasteiger partial charge >= 0.3 is 0 Å². The number of aryl methyl sites for hydroxylation is 1. The maximum absolute atomic E-state index is 5.41. The molecule has 0 aliphatic carbocycles. The van der Waals surface area contributed by atoms with Crippen molar-refractivity contribution in [3.05, 3.63) is 54.4 Å². The summed E-state index contributed by atoms with van der Waals surface area (Å²) in [5.41, 5.74) is 3.62. The average molecular weight is 433 g/mol. The van der Waals surface area contributed by atoms with Crippen LogP contribution in [0.15, 0.2) is 59.4 Å². The molecule has 0 amide bonds. The summed E-state index contributed by atoms with van der Waals surface area (Å²) in [6.07, 6.45) is 4.82. The van der Waals surface area contributed by atoms with E-state index in [1.807, 2.05) is 12.3 Å². The van der Waals surface area contributed by atoms with Crippen LogP contribution in [0.5, 0.6) is 0 Å². The first-order valence-electron chi connectivity index (χ1n) is 11.6. The monoisotopic (exact) mass is 432 g/mol. The van der Waals surface area contributed by atoms with Crippen LogP contribution in [0.1, 0.15) is 13.3 Å². The number of fused-ring (bicyclic) bond motifs is 3. The van der Waals surface area contributed by atoms with Gasteiger partial charge in [0.25, 0.3) is 0 Å². The highest BCUT2D eigenvalue weighted by Gasteiger charge is 2.14. The van der Waals surface area contributed by atoms with Gasteiger partial charge in [0.15, 0.2) is 6.29 Å². The van der Waals surface area contributed by atoms with Gasteiger partial charge in [-0.1, -0.05) is 18.2 Å². The second-order valence-electron chi connectivity index (χ2n) is 8.31. The Morgan fingerprint density at radius 2 is 1.94 bits per heavy atom. The Balaban J connectivity index is 1.20. The lowest BCUT2D eigenvalue weighted by Gasteiger charge is -2.27. The molecule has 3 heterocycles. The predicted octanol–water partition coefficient (Wildman–Crippen LogP) is 3.34. The highest BCUT2D eigenvalue weighted by Crippen LogP contribution is 2.31. The van der Waals surface area contributed by atoms with Crippen molar-refractivity contribution in [2.75, 3.05) is 44.7 Å². The van der Waals surface area contributed by atoms with Gasteiger partial charge in [0, 0.05) is 53.3 Å². The summed E-state index contributed by atoms with van der Waals surface area (Å²) in [6.45, 7) is 8.96. The quantitative estimate of drug-likeness (QED) is 0.477. The molecule has 2 aliphatic heterocycles. The van der Waals surface area contributed by atoms with Gasteiger partial charge in [0.2, 0.25) is 0 Å². The molecule has 1 aromatic heterocycles. The van der Waals surface area contributed by atoms with Gasteiger partial charge in [-0.15, -0.1) is 0 Å². The van der Waals surface area contributed by atoms with E-state index < -0.39 is 0 Å². The lowest BCUT2D eigenvalue weighted by atomic mass is 10.1. The summed E-state index contributed by atoms with van der Waals surface area (Å²) in [7, 11) is 0. The van der Waals surface area contributed by atoms with E-state index in [4.69, 9.17) is 4.74 Å². The number of allylic oxidation sites excluding steroid dienone is 1. The van der Waals surface area contributed by atoms with Crippen LogP contribution in [0.2, 0.25) is 0 Å². The number of para-hydroxylation sites is 1. The first-order valence-corrected chi connectivity index (χ1v) is 11.6. The van der Waals surface area contributed by atoms with Gasteiger partial charge in [-0.3, -0.25) is 15.2 Å². The Morgan fingerprint density at radius 3 is 2.81 bits per heavy atom. The second-order valence-corrected chi connectivity index (χ2v) is 8.31. The average Bonchev–Trinajstić information content (AvgIpc) is 3.16. The van der Waals surface area contributed by atoms with Crippen molar-refractivity contribution in [3.8, 4) is 0 Å². The first-order chi connectivity index (χ1) is 15.8. The Labute approximate surface area is 189 Å². The van der Waals surface area contributed by atoms with Crippen molar-refractivity contribution >= 4 is 33.7 Å². The maximum Gasteiger partial charge on any atom is 0.174 e. The van der Waals surface area contributed by atoms with Crippen molar-refractivity contribution in [2.24, 2.45) is 4.99 Å². The smallest absolute Gasteiger partial charge is 0.174 e. The molecule has 7 heteroatoms. The molecule has 32 heavy (non-hydrogen) atoms. The standard InChI is InChI=1S/C25H32N6O/c1-2-31-22-7-4-3-6-20(22)21-18-19(8-9-23(21)31)28-24-10-12-27-25(29-24)26-11-5-13-30-14-16-32-17-15-30/h3-4,6-10,12,18,25-26,28-29H,2,5,11,13-17H2,1H3. The summed E-state index contributed by atoms with van der Waals surface area (Å²) in [5.74, 6) is 0.948. The van der Waals surface area contributed by atoms with Crippen molar-refractivity contribution in [3.63, 3.8) is 0 Å². The minimum Gasteiger partial charge on any atom is -0.379 e. The molecule has 1 saturated heterocycles. The number of nitrogens with one attached hydrogen (secondary N) is 3. The maximum atomic E-state index is 5.41. The minimum absolute atomic E-state index is 0.113. The zero-order chi connectivity index (χ0) is 21.8. The van der Waals surface area contributed by atoms with Crippen molar-refractivity contribution in [1.82, 2.24) is 20.1 Å². The van der Waals surface area contributed by atoms with E-state index in [0.29, 0.717) is 0 Å². The van der Waals surface area contributed by atoms with Crippen molar-refractivity contribution in [2.45, 2.75) is 26.2 Å². The summed E-state index contributed by atoms with van der Waals surface area (Å²) in [5, 5.41) is 13.0. The van der Waals surface area contributed by atoms with Crippen molar-refractivity contribution in [1.29, 1.82) is 0 Å². The number of morpholine rings is 1. The molecular formula is C25H32N6O. The topological polar surface area (TPSA) is 65.9 Å². The zero-order valence-corrected chi connectivity index (χ0v) is 18.7. The second kappa shape index (κ2) is 9.73. The summed E-state index contributed by atoms with van der Waals surface area (Å²) < 4.78 is 7.78. The zero-order valence-electron chi connectivity index (χ0n) is 18.7. The Bertz CT molecular complexity index is 1130. The van der Waals surface area contributed by atoms with Gasteiger partial charge in [0.1, 0.15) is 5.82 Å². The number of aromatic nitrogens is 1. The molecule has 0 radical (unpaired) electrons. The highest BCUT2D eigenvalue weighted by molar-refractivity contribution is 6.09. The molecule has 0 saturated carbocycles. The van der Waals surface area contributed by atoms with E-state index in [1.165, 1.54) is 21.8 Å². The van der Waals surface area contributed by atoms with Gasteiger partial charge < -0.3 is 19.9 Å². The molecule has 1 unspecified atom stereocenters. The SMILES string of the molecule is CCn1c2ccccc2c2cc(NC3=CC=NC(NCCCN4CCOCC4)N3)ccc21. The van der Waals surface area contributed by atoms with E-state index in [1.54, 1.807) is 0 Å². The van der Waals surface area contributed by atoms with Crippen LogP contribution in [0.3, 0.4) is 0 Å². The number of rotatable bonds is 8. The molecule has 3 aromatic rings. The molecule has 0 spiro atoms. The molecule has 2 aromatic carbocycles. The number of anilines is 1. The molecular weight excluding hydrogens is 400 g/mol. The summed E-state index contributed by atoms with van der Waals surface area (Å²) in [4.78, 5) is 6.97. The largest absolute Gasteiger partial charge is 0.379 e. The van der Waals surface area contributed by atoms with E-state index in [9.17, 15) is 0 Å². The van der Waals surface area contributed by atoms with Crippen LogP contribution in [-0.4, -0.2) is 61.4 Å². The van der Waals surface area contributed by atoms with E-state index in [-0.39, 0.29) is 6.29 Å². The molecule has 168 valence electrons. The van der Waals surface area contributed by atoms with Crippen LogP contribution in [0.25, 0.3) is 21.8 Å². The minimum atomic E-state index is -0.113. The third-order valence-electron chi connectivity index (χ3n) is 6.23. The lowest BCUT2D eigenvalue weighted by Crippen LogP contribution is -2.44. The van der Waals surface area contributed by atoms with Gasteiger partial charge in [0.05, 0.1) is 13.2 Å². The fraction of sp³-hybridized carbons (Fsp3) is 0.400. The fourth-order valence-electron chi connectivity index (χ4n) is 4.61. The third kappa shape index (κ3) is 4.50. The third-order valence-corrected chi connectivity index (χ3v) is 6.23. The van der Waals surface area contributed by atoms with Crippen LogP contribution in [-0.2, 0) is 11.3 Å². The number of hydrogen-bond donors (Lipinski definition) is 3. The molecule has 2 aliphatic rings. The molecule has 1 fully saturated rings. The molecule has 3 N–H and O–H groups in total. The number of benzene rings is 2. The Morgan fingerprint density at radius 1 is 1.09 bits per heavy atom. The van der Waals surface area contributed by atoms with Crippen LogP contribution in [0.4, 0.5) is 5.69 Å². The molecule has 7 nitrogen and oxygen atoms in total. The van der Waals surface area contributed by atoms with Crippen LogP contribution < -0.4 is 16.0 Å². The molecule has 0 bridgehead atoms. The Kier molecular flexibility index (Phi) is 6.39.